The third kappa shape index (κ3) is 3.48. The van der Waals surface area contributed by atoms with Crippen molar-refractivity contribution in [2.45, 2.75) is 24.5 Å². The minimum Gasteiger partial charge on any atom is -0.481 e. The maximum absolute atomic E-state index is 10.4. The highest BCUT2D eigenvalue weighted by Gasteiger charge is 2.21. The highest BCUT2D eigenvalue weighted by molar-refractivity contribution is 6.17. The molecule has 1 aromatic carbocycles. The van der Waals surface area contributed by atoms with Crippen molar-refractivity contribution in [2.75, 3.05) is 0 Å². The summed E-state index contributed by atoms with van der Waals surface area (Å²) in [5, 5.41) is 27.6. The SMILES string of the molecule is O=C(O)CC(O)C(O)c1cccc(CCl)c1. The predicted octanol–water partition coefficient (Wildman–Crippen LogP) is 1.29. The van der Waals surface area contributed by atoms with Gasteiger partial charge < -0.3 is 15.3 Å². The number of hydrogen-bond acceptors (Lipinski definition) is 3. The van der Waals surface area contributed by atoms with Crippen LogP contribution in [0.2, 0.25) is 0 Å². The number of aliphatic carboxylic acids is 1. The van der Waals surface area contributed by atoms with Crippen LogP contribution in [0.15, 0.2) is 24.3 Å². The van der Waals surface area contributed by atoms with E-state index in [0.29, 0.717) is 11.4 Å². The lowest BCUT2D eigenvalue weighted by atomic mass is 10.0. The molecule has 0 amide bonds. The fourth-order valence-corrected chi connectivity index (χ4v) is 1.54. The fraction of sp³-hybridized carbons (Fsp3) is 0.364. The minimum atomic E-state index is -1.32. The monoisotopic (exact) mass is 244 g/mol. The summed E-state index contributed by atoms with van der Waals surface area (Å²) in [6.45, 7) is 0. The Morgan fingerprint density at radius 1 is 1.38 bits per heavy atom. The van der Waals surface area contributed by atoms with Crippen molar-refractivity contribution in [3.05, 3.63) is 35.4 Å². The number of alkyl halides is 1. The molecule has 1 aromatic rings. The summed E-state index contributed by atoms with van der Waals surface area (Å²) < 4.78 is 0. The van der Waals surface area contributed by atoms with E-state index in [1.807, 2.05) is 0 Å². The van der Waals surface area contributed by atoms with Crippen LogP contribution in [0.1, 0.15) is 23.7 Å². The third-order valence-electron chi connectivity index (χ3n) is 2.20. The Hall–Kier alpha value is -1.10. The zero-order valence-corrected chi connectivity index (χ0v) is 9.26. The van der Waals surface area contributed by atoms with E-state index in [4.69, 9.17) is 16.7 Å². The van der Waals surface area contributed by atoms with Crippen molar-refractivity contribution < 1.29 is 20.1 Å². The van der Waals surface area contributed by atoms with E-state index in [-0.39, 0.29) is 0 Å². The number of halogens is 1. The van der Waals surface area contributed by atoms with Crippen LogP contribution in [-0.2, 0) is 10.7 Å². The number of hydrogen-bond donors (Lipinski definition) is 3. The van der Waals surface area contributed by atoms with Gasteiger partial charge in [-0.25, -0.2) is 0 Å². The van der Waals surface area contributed by atoms with Gasteiger partial charge in [0.2, 0.25) is 0 Å². The Morgan fingerprint density at radius 2 is 2.06 bits per heavy atom. The maximum atomic E-state index is 10.4. The summed E-state index contributed by atoms with van der Waals surface area (Å²) >= 11 is 5.63. The summed E-state index contributed by atoms with van der Waals surface area (Å²) in [5.74, 6) is -0.852. The van der Waals surface area contributed by atoms with Gasteiger partial charge in [-0.2, -0.15) is 0 Å². The number of aliphatic hydroxyl groups excluding tert-OH is 2. The van der Waals surface area contributed by atoms with E-state index in [9.17, 15) is 15.0 Å². The van der Waals surface area contributed by atoms with E-state index in [1.54, 1.807) is 24.3 Å². The fourth-order valence-electron chi connectivity index (χ4n) is 1.37. The Labute approximate surface area is 98.1 Å². The first-order valence-electron chi connectivity index (χ1n) is 4.77. The van der Waals surface area contributed by atoms with Gasteiger partial charge in [0.15, 0.2) is 0 Å². The first-order chi connectivity index (χ1) is 7.54. The highest BCUT2D eigenvalue weighted by Crippen LogP contribution is 2.20. The number of aliphatic hydroxyl groups is 2. The van der Waals surface area contributed by atoms with E-state index in [1.165, 1.54) is 0 Å². The Kier molecular flexibility index (Phi) is 4.73. The minimum absolute atomic E-state index is 0.301. The standard InChI is InChI=1S/C11H13ClO4/c12-6-7-2-1-3-8(4-7)11(16)9(13)5-10(14)15/h1-4,9,11,13,16H,5-6H2,(H,14,15). The smallest absolute Gasteiger partial charge is 0.306 e. The molecule has 0 aliphatic rings. The zero-order valence-electron chi connectivity index (χ0n) is 8.51. The van der Waals surface area contributed by atoms with Gasteiger partial charge >= 0.3 is 5.97 Å². The van der Waals surface area contributed by atoms with Gasteiger partial charge in [-0.15, -0.1) is 11.6 Å². The topological polar surface area (TPSA) is 77.8 Å². The van der Waals surface area contributed by atoms with Crippen molar-refractivity contribution in [3.63, 3.8) is 0 Å². The molecule has 2 unspecified atom stereocenters. The van der Waals surface area contributed by atoms with Gasteiger partial charge in [0, 0.05) is 5.88 Å². The highest BCUT2D eigenvalue weighted by atomic mass is 35.5. The molecular weight excluding hydrogens is 232 g/mol. The van der Waals surface area contributed by atoms with E-state index >= 15 is 0 Å². The van der Waals surface area contributed by atoms with E-state index in [2.05, 4.69) is 0 Å². The van der Waals surface area contributed by atoms with E-state index < -0.39 is 24.6 Å². The summed E-state index contributed by atoms with van der Waals surface area (Å²) in [5.41, 5.74) is 1.27. The van der Waals surface area contributed by atoms with Crippen molar-refractivity contribution in [1.29, 1.82) is 0 Å². The molecule has 5 heteroatoms. The Morgan fingerprint density at radius 3 is 2.62 bits per heavy atom. The lowest BCUT2D eigenvalue weighted by Crippen LogP contribution is -2.21. The molecule has 1 rings (SSSR count). The van der Waals surface area contributed by atoms with Crippen molar-refractivity contribution in [1.82, 2.24) is 0 Å². The molecule has 0 radical (unpaired) electrons. The summed E-state index contributed by atoms with van der Waals surface area (Å²) in [6, 6.07) is 6.74. The lowest BCUT2D eigenvalue weighted by Gasteiger charge is -2.16. The third-order valence-corrected chi connectivity index (χ3v) is 2.50. The number of carboxylic acids is 1. The van der Waals surface area contributed by atoms with Crippen LogP contribution >= 0.6 is 11.6 Å². The first kappa shape index (κ1) is 13.0. The second-order valence-electron chi connectivity index (χ2n) is 3.49. The van der Waals surface area contributed by atoms with Gasteiger partial charge in [0.25, 0.3) is 0 Å². The molecule has 3 N–H and O–H groups in total. The average molecular weight is 245 g/mol. The van der Waals surface area contributed by atoms with Crippen LogP contribution in [-0.4, -0.2) is 27.4 Å². The molecule has 0 heterocycles. The van der Waals surface area contributed by atoms with Crippen LogP contribution in [0.4, 0.5) is 0 Å². The van der Waals surface area contributed by atoms with Crippen LogP contribution in [0.5, 0.6) is 0 Å². The largest absolute Gasteiger partial charge is 0.481 e. The Bertz CT molecular complexity index is 367. The molecule has 88 valence electrons. The quantitative estimate of drug-likeness (QED) is 0.682. The second kappa shape index (κ2) is 5.84. The molecule has 0 aliphatic heterocycles. The zero-order chi connectivity index (χ0) is 12.1. The molecule has 0 saturated heterocycles. The molecule has 0 spiro atoms. The lowest BCUT2D eigenvalue weighted by molar-refractivity contribution is -0.141. The van der Waals surface area contributed by atoms with Crippen molar-refractivity contribution in [2.24, 2.45) is 0 Å². The average Bonchev–Trinajstić information content (AvgIpc) is 2.27. The number of rotatable bonds is 5. The van der Waals surface area contributed by atoms with Crippen LogP contribution in [0, 0.1) is 0 Å². The summed E-state index contributed by atoms with van der Waals surface area (Å²) in [7, 11) is 0. The molecule has 0 fully saturated rings. The molecule has 16 heavy (non-hydrogen) atoms. The molecule has 0 saturated carbocycles. The van der Waals surface area contributed by atoms with Crippen molar-refractivity contribution >= 4 is 17.6 Å². The van der Waals surface area contributed by atoms with Crippen LogP contribution in [0.3, 0.4) is 0 Å². The van der Waals surface area contributed by atoms with E-state index in [0.717, 1.165) is 5.56 Å². The molecule has 2 atom stereocenters. The summed E-state index contributed by atoms with van der Waals surface area (Å²) in [6.07, 6.45) is -3.02. The molecule has 0 aliphatic carbocycles. The van der Waals surface area contributed by atoms with Gasteiger partial charge in [-0.1, -0.05) is 24.3 Å². The second-order valence-corrected chi connectivity index (χ2v) is 3.76. The predicted molar refractivity (Wildman–Crippen MR) is 59.2 cm³/mol. The maximum Gasteiger partial charge on any atom is 0.306 e. The first-order valence-corrected chi connectivity index (χ1v) is 5.30. The van der Waals surface area contributed by atoms with Crippen LogP contribution in [0.25, 0.3) is 0 Å². The van der Waals surface area contributed by atoms with Crippen LogP contribution < -0.4 is 0 Å². The van der Waals surface area contributed by atoms with Gasteiger partial charge in [0.05, 0.1) is 12.5 Å². The van der Waals surface area contributed by atoms with Gasteiger partial charge in [-0.3, -0.25) is 4.79 Å². The van der Waals surface area contributed by atoms with Gasteiger partial charge in [-0.05, 0) is 11.1 Å². The number of carbonyl (C=O) groups is 1. The molecule has 0 bridgehead atoms. The molecule has 0 aromatic heterocycles. The number of benzene rings is 1. The molecule has 4 nitrogen and oxygen atoms in total. The van der Waals surface area contributed by atoms with Crippen molar-refractivity contribution in [3.8, 4) is 0 Å². The normalized spacial score (nSPS) is 14.4. The number of carboxylic acid groups (broad SMARTS) is 1. The molecular formula is C11H13ClO4. The Balaban J connectivity index is 2.78. The van der Waals surface area contributed by atoms with Gasteiger partial charge in [0.1, 0.15) is 6.10 Å². The summed E-state index contributed by atoms with van der Waals surface area (Å²) in [4.78, 5) is 10.4.